The van der Waals surface area contributed by atoms with Crippen molar-refractivity contribution in [3.63, 3.8) is 0 Å². The number of hydrogen-bond donors (Lipinski definition) is 1. The predicted molar refractivity (Wildman–Crippen MR) is 84.8 cm³/mol. The third-order valence-electron chi connectivity index (χ3n) is 3.21. The van der Waals surface area contributed by atoms with Crippen LogP contribution < -0.4 is 5.32 Å². The monoisotopic (exact) mass is 289 g/mol. The number of thioether (sulfide) groups is 1. The molecule has 3 heteroatoms. The van der Waals surface area contributed by atoms with Crippen molar-refractivity contribution in [3.05, 3.63) is 65.0 Å². The lowest BCUT2D eigenvalue weighted by Crippen LogP contribution is -2.19. The first-order chi connectivity index (χ1) is 9.58. The molecule has 0 amide bonds. The molecule has 0 radical (unpaired) electrons. The van der Waals surface area contributed by atoms with Crippen LogP contribution in [0.15, 0.2) is 47.4 Å². The van der Waals surface area contributed by atoms with Gasteiger partial charge in [-0.15, -0.1) is 11.8 Å². The molecule has 0 aliphatic carbocycles. The van der Waals surface area contributed by atoms with Crippen LogP contribution in [0.5, 0.6) is 0 Å². The number of rotatable bonds is 5. The minimum Gasteiger partial charge on any atom is -0.312 e. The summed E-state index contributed by atoms with van der Waals surface area (Å²) in [5, 5.41) is 3.34. The molecule has 0 spiro atoms. The third-order valence-corrected chi connectivity index (χ3v) is 4.29. The molecule has 0 fully saturated rings. The molecule has 2 aromatic rings. The minimum atomic E-state index is -0.178. The molecule has 0 aromatic heterocycles. The second-order valence-corrected chi connectivity index (χ2v) is 6.12. The minimum absolute atomic E-state index is 0.178. The molecular weight excluding hydrogens is 269 g/mol. The average Bonchev–Trinajstić information content (AvgIpc) is 2.38. The molecule has 1 atom stereocenters. The van der Waals surface area contributed by atoms with E-state index in [0.29, 0.717) is 0 Å². The molecule has 106 valence electrons. The van der Waals surface area contributed by atoms with Gasteiger partial charge in [-0.25, -0.2) is 4.39 Å². The van der Waals surface area contributed by atoms with Gasteiger partial charge in [0.2, 0.25) is 0 Å². The van der Waals surface area contributed by atoms with Crippen molar-refractivity contribution in [2.24, 2.45) is 0 Å². The van der Waals surface area contributed by atoms with Crippen LogP contribution in [0.3, 0.4) is 0 Å². The topological polar surface area (TPSA) is 12.0 Å². The molecule has 1 N–H and O–H groups in total. The Morgan fingerprint density at radius 2 is 1.80 bits per heavy atom. The highest BCUT2D eigenvalue weighted by molar-refractivity contribution is 7.99. The summed E-state index contributed by atoms with van der Waals surface area (Å²) in [7, 11) is 1.97. The summed E-state index contributed by atoms with van der Waals surface area (Å²) >= 11 is 1.67. The van der Waals surface area contributed by atoms with Gasteiger partial charge < -0.3 is 5.32 Å². The summed E-state index contributed by atoms with van der Waals surface area (Å²) in [5.74, 6) is 0.699. The van der Waals surface area contributed by atoms with Gasteiger partial charge in [0.1, 0.15) is 5.82 Å². The highest BCUT2D eigenvalue weighted by Crippen LogP contribution is 2.26. The number of benzene rings is 2. The molecule has 2 aromatic carbocycles. The van der Waals surface area contributed by atoms with Crippen LogP contribution in [0.1, 0.15) is 22.7 Å². The predicted octanol–water partition coefficient (Wildman–Crippen LogP) is 4.50. The van der Waals surface area contributed by atoms with E-state index in [1.54, 1.807) is 23.9 Å². The van der Waals surface area contributed by atoms with E-state index in [1.165, 1.54) is 22.8 Å². The summed E-state index contributed by atoms with van der Waals surface area (Å²) in [5.41, 5.74) is 3.83. The van der Waals surface area contributed by atoms with E-state index in [1.807, 2.05) is 13.1 Å². The molecule has 20 heavy (non-hydrogen) atoms. The first kappa shape index (κ1) is 15.1. The smallest absolute Gasteiger partial charge is 0.124 e. The Hall–Kier alpha value is -1.32. The summed E-state index contributed by atoms with van der Waals surface area (Å²) < 4.78 is 13.2. The molecule has 2 rings (SSSR count). The summed E-state index contributed by atoms with van der Waals surface area (Å²) in [4.78, 5) is 0.967. The largest absolute Gasteiger partial charge is 0.312 e. The first-order valence-corrected chi connectivity index (χ1v) is 7.71. The Labute approximate surface area is 124 Å². The fourth-order valence-corrected chi connectivity index (χ4v) is 3.38. The van der Waals surface area contributed by atoms with Crippen LogP contribution in [0.25, 0.3) is 0 Å². The number of nitrogens with one attached hydrogen (secondary N) is 1. The van der Waals surface area contributed by atoms with Gasteiger partial charge in [-0.1, -0.05) is 35.4 Å². The van der Waals surface area contributed by atoms with Gasteiger partial charge in [-0.3, -0.25) is 0 Å². The Balaban J connectivity index is 2.09. The van der Waals surface area contributed by atoms with Crippen molar-refractivity contribution in [2.45, 2.75) is 24.8 Å². The number of hydrogen-bond acceptors (Lipinski definition) is 2. The highest BCUT2D eigenvalue weighted by atomic mass is 32.2. The molecule has 0 saturated heterocycles. The molecule has 0 aliphatic rings. The van der Waals surface area contributed by atoms with Crippen LogP contribution in [0, 0.1) is 19.7 Å². The van der Waals surface area contributed by atoms with Gasteiger partial charge in [0.05, 0.1) is 0 Å². The summed E-state index contributed by atoms with van der Waals surface area (Å²) in [6.07, 6.45) is 0. The molecule has 0 aliphatic heterocycles. The Bertz CT molecular complexity index is 563. The van der Waals surface area contributed by atoms with Crippen molar-refractivity contribution in [1.82, 2.24) is 5.32 Å². The molecule has 1 nitrogen and oxygen atoms in total. The van der Waals surface area contributed by atoms with Gasteiger partial charge >= 0.3 is 0 Å². The Morgan fingerprint density at radius 1 is 1.10 bits per heavy atom. The van der Waals surface area contributed by atoms with Crippen molar-refractivity contribution >= 4 is 11.8 Å². The molecule has 0 heterocycles. The Morgan fingerprint density at radius 3 is 2.40 bits per heavy atom. The maximum Gasteiger partial charge on any atom is 0.124 e. The van der Waals surface area contributed by atoms with E-state index in [9.17, 15) is 4.39 Å². The molecule has 0 saturated carbocycles. The maximum absolute atomic E-state index is 13.2. The standard InChI is InChI=1S/C17H20FNS/c1-12-7-13(2)9-14(8-12)17(19-3)11-20-16-6-4-5-15(18)10-16/h4-10,17,19H,11H2,1-3H3. The zero-order valence-corrected chi connectivity index (χ0v) is 12.9. The van der Waals surface area contributed by atoms with Gasteiger partial charge in [0, 0.05) is 16.7 Å². The fraction of sp³-hybridized carbons (Fsp3) is 0.294. The first-order valence-electron chi connectivity index (χ1n) is 6.72. The van der Waals surface area contributed by atoms with Crippen molar-refractivity contribution in [1.29, 1.82) is 0 Å². The summed E-state index contributed by atoms with van der Waals surface area (Å²) in [6.45, 7) is 4.23. The van der Waals surface area contributed by atoms with Gasteiger partial charge in [-0.2, -0.15) is 0 Å². The van der Waals surface area contributed by atoms with Gasteiger partial charge in [-0.05, 0) is 44.7 Å². The zero-order valence-electron chi connectivity index (χ0n) is 12.1. The van der Waals surface area contributed by atoms with Crippen molar-refractivity contribution in [2.75, 3.05) is 12.8 Å². The van der Waals surface area contributed by atoms with Gasteiger partial charge in [0.25, 0.3) is 0 Å². The maximum atomic E-state index is 13.2. The molecular formula is C17H20FNS. The third kappa shape index (κ3) is 4.09. The average molecular weight is 289 g/mol. The van der Waals surface area contributed by atoms with Crippen LogP contribution in [-0.4, -0.2) is 12.8 Å². The van der Waals surface area contributed by atoms with Crippen LogP contribution in [0.4, 0.5) is 4.39 Å². The highest BCUT2D eigenvalue weighted by Gasteiger charge is 2.11. The second kappa shape index (κ2) is 6.91. The molecule has 0 bridgehead atoms. The van der Waals surface area contributed by atoms with Crippen LogP contribution >= 0.6 is 11.8 Å². The van der Waals surface area contributed by atoms with E-state index < -0.39 is 0 Å². The lowest BCUT2D eigenvalue weighted by molar-refractivity contribution is 0.624. The Kier molecular flexibility index (Phi) is 5.21. The van der Waals surface area contributed by atoms with E-state index in [-0.39, 0.29) is 11.9 Å². The number of aryl methyl sites for hydroxylation is 2. The van der Waals surface area contributed by atoms with Gasteiger partial charge in [0.15, 0.2) is 0 Å². The second-order valence-electron chi connectivity index (χ2n) is 5.03. The van der Waals surface area contributed by atoms with Crippen molar-refractivity contribution < 1.29 is 4.39 Å². The normalized spacial score (nSPS) is 12.4. The van der Waals surface area contributed by atoms with Crippen LogP contribution in [0.2, 0.25) is 0 Å². The van der Waals surface area contributed by atoms with Crippen LogP contribution in [-0.2, 0) is 0 Å². The number of halogens is 1. The fourth-order valence-electron chi connectivity index (χ4n) is 2.29. The summed E-state index contributed by atoms with van der Waals surface area (Å²) in [6, 6.07) is 13.6. The zero-order chi connectivity index (χ0) is 14.5. The van der Waals surface area contributed by atoms with E-state index in [2.05, 4.69) is 37.4 Å². The lowest BCUT2D eigenvalue weighted by Gasteiger charge is -2.17. The van der Waals surface area contributed by atoms with E-state index in [4.69, 9.17) is 0 Å². The quantitative estimate of drug-likeness (QED) is 0.814. The van der Waals surface area contributed by atoms with E-state index in [0.717, 1.165) is 10.6 Å². The SMILES string of the molecule is CNC(CSc1cccc(F)c1)c1cc(C)cc(C)c1. The molecule has 1 unspecified atom stereocenters. The van der Waals surface area contributed by atoms with Crippen molar-refractivity contribution in [3.8, 4) is 0 Å². The van der Waals surface area contributed by atoms with E-state index >= 15 is 0 Å². The lowest BCUT2D eigenvalue weighted by atomic mass is 10.0.